The van der Waals surface area contributed by atoms with Crippen LogP contribution in [-0.2, 0) is 6.18 Å². The molecule has 0 unspecified atom stereocenters. The van der Waals surface area contributed by atoms with Crippen LogP contribution < -0.4 is 0 Å². The maximum Gasteiger partial charge on any atom is 0.417 e. The number of fused-ring (bicyclic) bond motifs is 1. The van der Waals surface area contributed by atoms with Crippen molar-refractivity contribution < 1.29 is 23.1 Å². The molecule has 0 bridgehead atoms. The Balaban J connectivity index is 1.53. The molecule has 5 nitrogen and oxygen atoms in total. The Bertz CT molecular complexity index is 822. The summed E-state index contributed by atoms with van der Waals surface area (Å²) in [5.74, 6) is -0.360. The fourth-order valence-electron chi connectivity index (χ4n) is 4.42. The van der Waals surface area contributed by atoms with E-state index in [2.05, 4.69) is 5.10 Å². The van der Waals surface area contributed by atoms with Gasteiger partial charge in [0, 0.05) is 25.5 Å². The second-order valence-electron chi connectivity index (χ2n) is 7.37. The van der Waals surface area contributed by atoms with Crippen molar-refractivity contribution in [3.05, 3.63) is 53.9 Å². The van der Waals surface area contributed by atoms with Gasteiger partial charge in [0.2, 0.25) is 0 Å². The number of nitrogens with zero attached hydrogens (tertiary/aromatic N) is 3. The first-order valence-electron chi connectivity index (χ1n) is 8.97. The molecular formula is C19H20F3N3O2. The van der Waals surface area contributed by atoms with Gasteiger partial charge in [0.1, 0.15) is 0 Å². The van der Waals surface area contributed by atoms with E-state index in [4.69, 9.17) is 0 Å². The molecule has 1 aromatic heterocycles. The van der Waals surface area contributed by atoms with E-state index in [1.807, 2.05) is 0 Å². The SMILES string of the molecule is O=C(c1ccccc1C(F)(F)F)N1C[C@H]2C[C@@H](n3cccn3)[C@H](O)C[C@H]2C1. The average Bonchev–Trinajstić information content (AvgIpc) is 3.29. The van der Waals surface area contributed by atoms with Crippen LogP contribution in [0.15, 0.2) is 42.7 Å². The number of aromatic nitrogens is 2. The molecular weight excluding hydrogens is 359 g/mol. The summed E-state index contributed by atoms with van der Waals surface area (Å²) in [6.07, 6.45) is -0.537. The van der Waals surface area contributed by atoms with E-state index in [1.54, 1.807) is 23.1 Å². The number of carbonyl (C=O) groups is 1. The first-order valence-corrected chi connectivity index (χ1v) is 8.97. The highest BCUT2D eigenvalue weighted by atomic mass is 19.4. The van der Waals surface area contributed by atoms with Crippen LogP contribution in [0.3, 0.4) is 0 Å². The van der Waals surface area contributed by atoms with Gasteiger partial charge >= 0.3 is 6.18 Å². The monoisotopic (exact) mass is 379 g/mol. The average molecular weight is 379 g/mol. The molecule has 1 N–H and O–H groups in total. The Morgan fingerprint density at radius 3 is 2.48 bits per heavy atom. The Morgan fingerprint density at radius 2 is 1.81 bits per heavy atom. The van der Waals surface area contributed by atoms with Crippen LogP contribution in [0.1, 0.15) is 34.8 Å². The van der Waals surface area contributed by atoms with Gasteiger partial charge in [-0.3, -0.25) is 9.48 Å². The van der Waals surface area contributed by atoms with Crippen LogP contribution in [0.4, 0.5) is 13.2 Å². The second-order valence-corrected chi connectivity index (χ2v) is 7.37. The first kappa shape index (κ1) is 18.0. The zero-order valence-electron chi connectivity index (χ0n) is 14.5. The molecule has 2 fully saturated rings. The minimum Gasteiger partial charge on any atom is -0.391 e. The Kier molecular flexibility index (Phi) is 4.46. The standard InChI is InChI=1S/C19H20F3N3O2/c20-19(21,22)15-5-2-1-4-14(15)18(27)24-10-12-8-16(25-7-3-6-23-25)17(26)9-13(12)11-24/h1-7,12-13,16-17,26H,8-11H2/t12-,13+,16-,17-/m1/s1. The number of hydrogen-bond acceptors (Lipinski definition) is 3. The Morgan fingerprint density at radius 1 is 1.11 bits per heavy atom. The molecule has 1 aliphatic carbocycles. The van der Waals surface area contributed by atoms with E-state index in [0.29, 0.717) is 25.9 Å². The van der Waals surface area contributed by atoms with Gasteiger partial charge in [-0.25, -0.2) is 0 Å². The van der Waals surface area contributed by atoms with Crippen LogP contribution in [0, 0.1) is 11.8 Å². The molecule has 1 amide bonds. The molecule has 4 atom stereocenters. The fourth-order valence-corrected chi connectivity index (χ4v) is 4.42. The number of aliphatic hydroxyl groups is 1. The lowest BCUT2D eigenvalue weighted by atomic mass is 9.77. The highest BCUT2D eigenvalue weighted by Gasteiger charge is 2.45. The molecule has 2 aromatic rings. The van der Waals surface area contributed by atoms with E-state index >= 15 is 0 Å². The maximum absolute atomic E-state index is 13.2. The van der Waals surface area contributed by atoms with Gasteiger partial charge in [0.05, 0.1) is 23.3 Å². The van der Waals surface area contributed by atoms with E-state index in [-0.39, 0.29) is 23.4 Å². The molecule has 4 rings (SSSR count). The largest absolute Gasteiger partial charge is 0.417 e. The van der Waals surface area contributed by atoms with Crippen LogP contribution in [0.25, 0.3) is 0 Å². The van der Waals surface area contributed by atoms with Crippen molar-refractivity contribution in [3.63, 3.8) is 0 Å². The Hall–Kier alpha value is -2.35. The smallest absolute Gasteiger partial charge is 0.391 e. The summed E-state index contributed by atoms with van der Waals surface area (Å²) in [6, 6.07) is 6.52. The number of alkyl halides is 3. The number of rotatable bonds is 2. The van der Waals surface area contributed by atoms with Gasteiger partial charge in [-0.05, 0) is 42.9 Å². The summed E-state index contributed by atoms with van der Waals surface area (Å²) < 4.78 is 41.4. The number of aliphatic hydroxyl groups excluding tert-OH is 1. The number of carbonyl (C=O) groups excluding carboxylic acids is 1. The van der Waals surface area contributed by atoms with E-state index in [9.17, 15) is 23.1 Å². The van der Waals surface area contributed by atoms with Crippen LogP contribution in [-0.4, -0.2) is 44.9 Å². The number of likely N-dealkylation sites (tertiary alicyclic amines) is 1. The van der Waals surface area contributed by atoms with Crippen LogP contribution >= 0.6 is 0 Å². The summed E-state index contributed by atoms with van der Waals surface area (Å²) in [5.41, 5.74) is -1.22. The third-order valence-electron chi connectivity index (χ3n) is 5.72. The molecule has 27 heavy (non-hydrogen) atoms. The molecule has 8 heteroatoms. The normalized spacial score (nSPS) is 28.2. The van der Waals surface area contributed by atoms with Crippen molar-refractivity contribution in [2.45, 2.75) is 31.2 Å². The quantitative estimate of drug-likeness (QED) is 0.873. The molecule has 1 aromatic carbocycles. The van der Waals surface area contributed by atoms with E-state index < -0.39 is 23.8 Å². The van der Waals surface area contributed by atoms with Crippen molar-refractivity contribution in [2.75, 3.05) is 13.1 Å². The summed E-state index contributed by atoms with van der Waals surface area (Å²) >= 11 is 0. The molecule has 144 valence electrons. The molecule has 1 aliphatic heterocycles. The molecule has 0 spiro atoms. The molecule has 0 radical (unpaired) electrons. The van der Waals surface area contributed by atoms with Crippen molar-refractivity contribution in [2.24, 2.45) is 11.8 Å². The Labute approximate surface area is 154 Å². The zero-order valence-corrected chi connectivity index (χ0v) is 14.5. The molecule has 2 heterocycles. The third-order valence-corrected chi connectivity index (χ3v) is 5.72. The van der Waals surface area contributed by atoms with Crippen molar-refractivity contribution in [3.8, 4) is 0 Å². The predicted molar refractivity (Wildman–Crippen MR) is 90.8 cm³/mol. The minimum absolute atomic E-state index is 0.0915. The second kappa shape index (κ2) is 6.67. The number of halogens is 3. The molecule has 2 aliphatic rings. The van der Waals surface area contributed by atoms with Gasteiger partial charge in [0.15, 0.2) is 0 Å². The highest BCUT2D eigenvalue weighted by Crippen LogP contribution is 2.42. The van der Waals surface area contributed by atoms with Gasteiger partial charge in [0.25, 0.3) is 5.91 Å². The van der Waals surface area contributed by atoms with Crippen LogP contribution in [0.5, 0.6) is 0 Å². The van der Waals surface area contributed by atoms with E-state index in [0.717, 1.165) is 6.07 Å². The number of amides is 1. The van der Waals surface area contributed by atoms with Gasteiger partial charge in [-0.15, -0.1) is 0 Å². The van der Waals surface area contributed by atoms with Gasteiger partial charge in [-0.1, -0.05) is 12.1 Å². The summed E-state index contributed by atoms with van der Waals surface area (Å²) in [4.78, 5) is 14.3. The topological polar surface area (TPSA) is 58.4 Å². The lowest BCUT2D eigenvalue weighted by molar-refractivity contribution is -0.138. The number of hydrogen-bond donors (Lipinski definition) is 1. The lowest BCUT2D eigenvalue weighted by Crippen LogP contribution is -2.36. The highest BCUT2D eigenvalue weighted by molar-refractivity contribution is 5.96. The number of benzene rings is 1. The summed E-state index contributed by atoms with van der Waals surface area (Å²) in [5, 5.41) is 14.7. The minimum atomic E-state index is -4.57. The van der Waals surface area contributed by atoms with Crippen molar-refractivity contribution in [1.29, 1.82) is 0 Å². The van der Waals surface area contributed by atoms with Crippen molar-refractivity contribution >= 4 is 5.91 Å². The molecule has 1 saturated carbocycles. The predicted octanol–water partition coefficient (Wildman–Crippen LogP) is 2.99. The van der Waals surface area contributed by atoms with E-state index in [1.165, 1.54) is 23.1 Å². The summed E-state index contributed by atoms with van der Waals surface area (Å²) in [7, 11) is 0. The van der Waals surface area contributed by atoms with Gasteiger partial charge < -0.3 is 10.0 Å². The maximum atomic E-state index is 13.2. The van der Waals surface area contributed by atoms with Crippen LogP contribution in [0.2, 0.25) is 0 Å². The fraction of sp³-hybridized carbons (Fsp3) is 0.474. The van der Waals surface area contributed by atoms with Gasteiger partial charge in [-0.2, -0.15) is 18.3 Å². The molecule has 1 saturated heterocycles. The zero-order chi connectivity index (χ0) is 19.2. The third kappa shape index (κ3) is 3.34. The lowest BCUT2D eigenvalue weighted by Gasteiger charge is -2.35. The van der Waals surface area contributed by atoms with Crippen molar-refractivity contribution in [1.82, 2.24) is 14.7 Å². The first-order chi connectivity index (χ1) is 12.8. The summed E-state index contributed by atoms with van der Waals surface area (Å²) in [6.45, 7) is 0.777.